The molecule has 186 valence electrons. The summed E-state index contributed by atoms with van der Waals surface area (Å²) in [6.07, 6.45) is -8.24. The molecule has 0 aromatic heterocycles. The van der Waals surface area contributed by atoms with E-state index in [2.05, 4.69) is 10.2 Å². The number of hydrogen-bond acceptors (Lipinski definition) is 10. The van der Waals surface area contributed by atoms with Gasteiger partial charge in [0.05, 0.1) is 11.4 Å². The zero-order valence-electron chi connectivity index (χ0n) is 18.5. The average Bonchev–Trinajstić information content (AvgIpc) is 3.01. The maximum Gasteiger partial charge on any atom is 0.335 e. The van der Waals surface area contributed by atoms with E-state index in [0.29, 0.717) is 36.9 Å². The number of aliphatic imine (C=N–C) groups is 1. The number of carboxylic acids is 1. The molecule has 2 saturated heterocycles. The van der Waals surface area contributed by atoms with Crippen LogP contribution in [0.1, 0.15) is 5.56 Å². The first-order chi connectivity index (χ1) is 16.8. The van der Waals surface area contributed by atoms with Crippen molar-refractivity contribution in [2.45, 2.75) is 30.7 Å². The molecule has 0 saturated carbocycles. The number of aliphatic hydroxyl groups is 3. The van der Waals surface area contributed by atoms with E-state index in [1.165, 1.54) is 0 Å². The summed E-state index contributed by atoms with van der Waals surface area (Å²) < 4.78 is 5.22. The zero-order valence-corrected chi connectivity index (χ0v) is 19.2. The number of ether oxygens (including phenoxy) is 1. The van der Waals surface area contributed by atoms with Gasteiger partial charge in [-0.05, 0) is 30.3 Å². The number of carboxylic acid groups (broad SMARTS) is 1. The van der Waals surface area contributed by atoms with Gasteiger partial charge in [-0.1, -0.05) is 23.7 Å². The second-order valence-corrected chi connectivity index (χ2v) is 8.96. The molecule has 3 aliphatic rings. The van der Waals surface area contributed by atoms with Crippen LogP contribution in [0.3, 0.4) is 0 Å². The topological polar surface area (TPSA) is 147 Å². The summed E-state index contributed by atoms with van der Waals surface area (Å²) in [5.41, 5.74) is 3.41. The third-order valence-corrected chi connectivity index (χ3v) is 6.46. The molecule has 5 rings (SSSR count). The molecular formula is C23H25ClN4O7. The summed E-state index contributed by atoms with van der Waals surface area (Å²) in [5, 5.41) is 44.9. The predicted octanol–water partition coefficient (Wildman–Crippen LogP) is 0.917. The lowest BCUT2D eigenvalue weighted by atomic mass is 9.99. The Morgan fingerprint density at radius 2 is 1.77 bits per heavy atom. The summed E-state index contributed by atoms with van der Waals surface area (Å²) in [4.78, 5) is 24.0. The molecule has 5 N–H and O–H groups in total. The van der Waals surface area contributed by atoms with E-state index in [-0.39, 0.29) is 0 Å². The third-order valence-electron chi connectivity index (χ3n) is 6.23. The number of piperazine rings is 1. The van der Waals surface area contributed by atoms with Crippen LogP contribution in [0.25, 0.3) is 0 Å². The number of carbonyl (C=O) groups is 1. The van der Waals surface area contributed by atoms with Crippen LogP contribution in [0.5, 0.6) is 0 Å². The number of hydroxylamine groups is 2. The number of benzene rings is 2. The maximum absolute atomic E-state index is 11.3. The van der Waals surface area contributed by atoms with Crippen molar-refractivity contribution in [3.05, 3.63) is 53.1 Å². The van der Waals surface area contributed by atoms with E-state index < -0.39 is 36.7 Å². The number of anilines is 2. The molecular weight excluding hydrogens is 480 g/mol. The molecule has 2 aromatic carbocycles. The highest BCUT2D eigenvalue weighted by molar-refractivity contribution is 6.31. The molecule has 1 unspecified atom stereocenters. The van der Waals surface area contributed by atoms with Crippen molar-refractivity contribution in [2.24, 2.45) is 4.99 Å². The number of aliphatic carboxylic acids is 1. The Kier molecular flexibility index (Phi) is 6.64. The molecule has 11 nitrogen and oxygen atoms in total. The number of nitrogens with zero attached hydrogens (tertiary/aromatic N) is 3. The Morgan fingerprint density at radius 1 is 1.03 bits per heavy atom. The first-order valence-corrected chi connectivity index (χ1v) is 11.5. The fraction of sp³-hybridized carbons (Fsp3) is 0.391. The van der Waals surface area contributed by atoms with E-state index in [0.717, 1.165) is 22.8 Å². The van der Waals surface area contributed by atoms with E-state index in [1.807, 2.05) is 30.3 Å². The molecule has 3 aliphatic heterocycles. The Hall–Kier alpha value is -2.77. The normalized spacial score (nSPS) is 28.9. The van der Waals surface area contributed by atoms with Gasteiger partial charge in [-0.25, -0.2) is 9.79 Å². The molecule has 0 radical (unpaired) electrons. The van der Waals surface area contributed by atoms with Crippen LogP contribution in [0.2, 0.25) is 5.02 Å². The van der Waals surface area contributed by atoms with Gasteiger partial charge in [0.25, 0.3) is 0 Å². The van der Waals surface area contributed by atoms with Crippen LogP contribution >= 0.6 is 11.6 Å². The lowest BCUT2D eigenvalue weighted by Crippen LogP contribution is -2.62. The summed E-state index contributed by atoms with van der Waals surface area (Å²) in [7, 11) is 0. The highest BCUT2D eigenvalue weighted by atomic mass is 35.5. The summed E-state index contributed by atoms with van der Waals surface area (Å²) in [6, 6.07) is 13.4. The monoisotopic (exact) mass is 504 g/mol. The van der Waals surface area contributed by atoms with Crippen molar-refractivity contribution in [3.63, 3.8) is 0 Å². The minimum atomic E-state index is -1.77. The summed E-state index contributed by atoms with van der Waals surface area (Å²) >= 11 is 6.21. The minimum absolute atomic E-state index is 0.389. The van der Waals surface area contributed by atoms with E-state index in [9.17, 15) is 25.2 Å². The molecule has 0 amide bonds. The molecule has 2 aromatic rings. The zero-order chi connectivity index (χ0) is 24.7. The molecule has 0 bridgehead atoms. The average molecular weight is 505 g/mol. The van der Waals surface area contributed by atoms with Crippen molar-refractivity contribution in [2.75, 3.05) is 31.5 Å². The van der Waals surface area contributed by atoms with Gasteiger partial charge in [-0.2, -0.15) is 5.06 Å². The van der Waals surface area contributed by atoms with Gasteiger partial charge in [0.15, 0.2) is 6.10 Å². The van der Waals surface area contributed by atoms with Crippen LogP contribution in [0.15, 0.2) is 47.5 Å². The second kappa shape index (κ2) is 9.70. The highest BCUT2D eigenvalue weighted by Gasteiger charge is 2.48. The molecule has 2 fully saturated rings. The van der Waals surface area contributed by atoms with Crippen molar-refractivity contribution in [1.82, 2.24) is 9.96 Å². The van der Waals surface area contributed by atoms with E-state index in [4.69, 9.17) is 26.2 Å². The van der Waals surface area contributed by atoms with Crippen LogP contribution in [0.4, 0.5) is 17.1 Å². The van der Waals surface area contributed by atoms with Crippen LogP contribution in [0, 0.1) is 0 Å². The lowest BCUT2D eigenvalue weighted by molar-refractivity contribution is -0.358. The number of amidine groups is 1. The number of aliphatic hydroxyl groups excluding tert-OH is 3. The van der Waals surface area contributed by atoms with Gasteiger partial charge >= 0.3 is 5.97 Å². The molecule has 12 heteroatoms. The summed E-state index contributed by atoms with van der Waals surface area (Å²) in [5.74, 6) is -0.687. The fourth-order valence-electron chi connectivity index (χ4n) is 4.34. The van der Waals surface area contributed by atoms with Crippen LogP contribution < -0.4 is 5.32 Å². The Bertz CT molecular complexity index is 1140. The molecule has 0 aliphatic carbocycles. The van der Waals surface area contributed by atoms with Gasteiger partial charge in [-0.3, -0.25) is 4.84 Å². The van der Waals surface area contributed by atoms with Gasteiger partial charge in [0, 0.05) is 42.5 Å². The highest BCUT2D eigenvalue weighted by Crippen LogP contribution is 2.36. The van der Waals surface area contributed by atoms with Gasteiger partial charge in [0.2, 0.25) is 6.29 Å². The van der Waals surface area contributed by atoms with Gasteiger partial charge in [0.1, 0.15) is 24.1 Å². The third kappa shape index (κ3) is 4.71. The van der Waals surface area contributed by atoms with Crippen molar-refractivity contribution in [3.8, 4) is 0 Å². The quantitative estimate of drug-likeness (QED) is 0.408. The fourth-order valence-corrected chi connectivity index (χ4v) is 4.51. The lowest BCUT2D eigenvalue weighted by Gasteiger charge is -2.42. The number of rotatable bonds is 3. The number of fused-ring (bicyclic) bond motifs is 2. The Morgan fingerprint density at radius 3 is 2.51 bits per heavy atom. The molecule has 35 heavy (non-hydrogen) atoms. The number of nitrogens with one attached hydrogen (secondary N) is 1. The minimum Gasteiger partial charge on any atom is -0.479 e. The molecule has 5 atom stereocenters. The van der Waals surface area contributed by atoms with Crippen LogP contribution in [-0.4, -0.2) is 99.1 Å². The van der Waals surface area contributed by atoms with Crippen LogP contribution in [-0.2, 0) is 14.4 Å². The second-order valence-electron chi connectivity index (χ2n) is 8.52. The molecule has 3 heterocycles. The van der Waals surface area contributed by atoms with Gasteiger partial charge in [-0.15, -0.1) is 0 Å². The maximum atomic E-state index is 11.3. The van der Waals surface area contributed by atoms with E-state index >= 15 is 0 Å². The predicted molar refractivity (Wildman–Crippen MR) is 126 cm³/mol. The number of halogens is 1. The van der Waals surface area contributed by atoms with Crippen molar-refractivity contribution in [1.29, 1.82) is 0 Å². The smallest absolute Gasteiger partial charge is 0.335 e. The first-order valence-electron chi connectivity index (χ1n) is 11.2. The van der Waals surface area contributed by atoms with E-state index in [1.54, 1.807) is 17.2 Å². The largest absolute Gasteiger partial charge is 0.479 e. The van der Waals surface area contributed by atoms with Gasteiger partial charge < -0.3 is 35.4 Å². The standard InChI is InChI=1S/C23H25ClN4O7/c24-12-5-6-15-16(11-12)26-21(13-3-1-2-4-14(13)25-15)27-7-9-28(10-8-27)35-23-19(31)17(29)18(30)20(34-23)22(32)33/h1-6,11,17-20,23,25,29-31H,7-10H2,(H,32,33)/t17-,18-,19+,20-,23?/m0/s1. The SMILES string of the molecule is O=C(O)[C@H]1OC(ON2CCN(C3=Nc4cc(Cl)ccc4Nc4ccccc43)CC2)[C@H](O)[C@@H](O)[C@@H]1O. The van der Waals surface area contributed by atoms with Crippen molar-refractivity contribution >= 4 is 40.5 Å². The Labute approximate surface area is 205 Å². The Balaban J connectivity index is 1.31. The number of hydrogen-bond donors (Lipinski definition) is 5. The summed E-state index contributed by atoms with van der Waals surface area (Å²) in [6.45, 7) is 1.80. The first kappa shape index (κ1) is 23.9. The number of para-hydroxylation sites is 1. The van der Waals surface area contributed by atoms with Crippen molar-refractivity contribution < 1.29 is 34.8 Å². The molecule has 0 spiro atoms.